The van der Waals surface area contributed by atoms with E-state index in [2.05, 4.69) is 20.2 Å². The number of pyridine rings is 2. The number of hydrogen-bond acceptors (Lipinski definition) is 8. The number of anilines is 2. The molecule has 0 aliphatic carbocycles. The molecule has 1 aromatic carbocycles. The molecular formula is C24H24FN5O5. The molecule has 0 unspecified atom stereocenters. The maximum Gasteiger partial charge on any atom is 0.417 e. The first-order valence-corrected chi connectivity index (χ1v) is 11.2. The van der Waals surface area contributed by atoms with Gasteiger partial charge in [0.1, 0.15) is 17.9 Å². The average molecular weight is 481 g/mol. The van der Waals surface area contributed by atoms with Gasteiger partial charge in [-0.05, 0) is 43.2 Å². The molecule has 11 heteroatoms. The number of carbonyl (C=O) groups excluding carboxylic acids is 2. The van der Waals surface area contributed by atoms with Gasteiger partial charge in [-0.3, -0.25) is 9.88 Å². The summed E-state index contributed by atoms with van der Waals surface area (Å²) in [5.74, 6) is 0.0662. The standard InChI is InChI=1S/C24H24FN5O5/c1-14-3-4-16(11-17(14)25)30-13-21(35-24(30)32)34-23(31)27-15-8-10-29(12-15)19-7-9-26-18-5-6-20(33-2)28-22(18)19/h3-7,9,11,15,21H,8,10,12-13H2,1-2H3,(H,27,31)/t15-,21+/m1/s1. The van der Waals surface area contributed by atoms with Gasteiger partial charge in [0.15, 0.2) is 0 Å². The summed E-state index contributed by atoms with van der Waals surface area (Å²) in [5.41, 5.74) is 3.18. The van der Waals surface area contributed by atoms with Crippen molar-refractivity contribution in [3.8, 4) is 5.88 Å². The lowest BCUT2D eigenvalue weighted by Gasteiger charge is -2.20. The summed E-state index contributed by atoms with van der Waals surface area (Å²) in [5, 5.41) is 2.83. The SMILES string of the molecule is COc1ccc2nccc(N3CC[C@@H](NC(=O)O[C@@H]4CN(c5ccc(C)c(F)c5)C(=O)O4)C3)c2n1. The molecule has 0 saturated carbocycles. The highest BCUT2D eigenvalue weighted by atomic mass is 19.1. The van der Waals surface area contributed by atoms with Crippen LogP contribution in [0.15, 0.2) is 42.6 Å². The number of ether oxygens (including phenoxy) is 3. The monoisotopic (exact) mass is 481 g/mol. The highest BCUT2D eigenvalue weighted by Gasteiger charge is 2.36. The van der Waals surface area contributed by atoms with Gasteiger partial charge in [0.05, 0.1) is 30.0 Å². The van der Waals surface area contributed by atoms with Crippen molar-refractivity contribution in [3.63, 3.8) is 0 Å². The van der Waals surface area contributed by atoms with Crippen molar-refractivity contribution in [3.05, 3.63) is 54.0 Å². The number of cyclic esters (lactones) is 1. The van der Waals surface area contributed by atoms with Gasteiger partial charge in [0, 0.05) is 25.4 Å². The molecule has 3 aromatic rings. The van der Waals surface area contributed by atoms with Gasteiger partial charge in [0.25, 0.3) is 6.29 Å². The van der Waals surface area contributed by atoms with Crippen LogP contribution in [-0.2, 0) is 9.47 Å². The molecule has 2 amide bonds. The molecule has 0 bridgehead atoms. The normalized spacial score (nSPS) is 19.7. The van der Waals surface area contributed by atoms with Gasteiger partial charge in [-0.25, -0.2) is 19.0 Å². The van der Waals surface area contributed by atoms with Gasteiger partial charge in [-0.15, -0.1) is 0 Å². The van der Waals surface area contributed by atoms with Crippen molar-refractivity contribution < 1.29 is 28.2 Å². The van der Waals surface area contributed by atoms with Crippen LogP contribution in [-0.4, -0.2) is 61.2 Å². The summed E-state index contributed by atoms with van der Waals surface area (Å²) in [6, 6.07) is 9.76. The molecule has 2 aliphatic rings. The quantitative estimate of drug-likeness (QED) is 0.591. The molecule has 2 fully saturated rings. The Bertz CT molecular complexity index is 1290. The number of nitrogens with zero attached hydrogens (tertiary/aromatic N) is 4. The Kier molecular flexibility index (Phi) is 5.98. The Hall–Kier alpha value is -4.15. The minimum absolute atomic E-state index is 0.0257. The van der Waals surface area contributed by atoms with Gasteiger partial charge < -0.3 is 24.4 Å². The molecule has 182 valence electrons. The molecular weight excluding hydrogens is 457 g/mol. The highest BCUT2D eigenvalue weighted by Crippen LogP contribution is 2.29. The molecule has 1 N–H and O–H groups in total. The van der Waals surface area contributed by atoms with Crippen molar-refractivity contribution in [2.45, 2.75) is 25.7 Å². The van der Waals surface area contributed by atoms with Crippen LogP contribution < -0.4 is 19.9 Å². The third kappa shape index (κ3) is 4.61. The van der Waals surface area contributed by atoms with Crippen molar-refractivity contribution in [1.29, 1.82) is 0 Å². The number of aryl methyl sites for hydroxylation is 1. The molecule has 2 saturated heterocycles. The lowest BCUT2D eigenvalue weighted by atomic mass is 10.2. The Morgan fingerprint density at radius 1 is 1.23 bits per heavy atom. The van der Waals surface area contributed by atoms with E-state index >= 15 is 0 Å². The Balaban J connectivity index is 1.19. The zero-order chi connectivity index (χ0) is 24.5. The molecule has 0 radical (unpaired) electrons. The summed E-state index contributed by atoms with van der Waals surface area (Å²) in [6.07, 6.45) is -0.0648. The number of halogens is 1. The second-order valence-electron chi connectivity index (χ2n) is 8.39. The fourth-order valence-electron chi connectivity index (χ4n) is 4.24. The summed E-state index contributed by atoms with van der Waals surface area (Å²) in [4.78, 5) is 36.9. The number of carbonyl (C=O) groups is 2. The number of amides is 2. The Labute approximate surface area is 200 Å². The van der Waals surface area contributed by atoms with E-state index in [1.54, 1.807) is 38.4 Å². The van der Waals surface area contributed by atoms with E-state index < -0.39 is 24.3 Å². The van der Waals surface area contributed by atoms with E-state index in [0.717, 1.165) is 16.7 Å². The number of hydrogen-bond donors (Lipinski definition) is 1. The smallest absolute Gasteiger partial charge is 0.417 e. The molecule has 4 heterocycles. The van der Waals surface area contributed by atoms with Crippen LogP contribution in [0.5, 0.6) is 5.88 Å². The van der Waals surface area contributed by atoms with Gasteiger partial charge in [-0.2, -0.15) is 0 Å². The third-order valence-corrected chi connectivity index (χ3v) is 6.09. The van der Waals surface area contributed by atoms with Crippen LogP contribution in [0.4, 0.5) is 25.4 Å². The molecule has 10 nitrogen and oxygen atoms in total. The molecule has 5 rings (SSSR count). The lowest BCUT2D eigenvalue weighted by Crippen LogP contribution is -2.39. The first-order valence-electron chi connectivity index (χ1n) is 11.2. The first kappa shape index (κ1) is 22.6. The second kappa shape index (κ2) is 9.24. The summed E-state index contributed by atoms with van der Waals surface area (Å²) >= 11 is 0. The number of nitrogens with one attached hydrogen (secondary N) is 1. The van der Waals surface area contributed by atoms with Gasteiger partial charge >= 0.3 is 12.2 Å². The van der Waals surface area contributed by atoms with Crippen LogP contribution in [0.1, 0.15) is 12.0 Å². The Morgan fingerprint density at radius 2 is 2.09 bits per heavy atom. The van der Waals surface area contributed by atoms with Crippen LogP contribution in [0.25, 0.3) is 11.0 Å². The molecule has 2 atom stereocenters. The van der Waals surface area contributed by atoms with Crippen LogP contribution in [0.2, 0.25) is 0 Å². The maximum absolute atomic E-state index is 13.9. The fraction of sp³-hybridized carbons (Fsp3) is 0.333. The number of aromatic nitrogens is 2. The van der Waals surface area contributed by atoms with E-state index in [-0.39, 0.29) is 12.6 Å². The van der Waals surface area contributed by atoms with E-state index in [4.69, 9.17) is 14.2 Å². The minimum atomic E-state index is -1.09. The van der Waals surface area contributed by atoms with Crippen molar-refractivity contribution in [2.24, 2.45) is 0 Å². The lowest BCUT2D eigenvalue weighted by molar-refractivity contribution is -0.0299. The molecule has 2 aliphatic heterocycles. The van der Waals surface area contributed by atoms with E-state index in [1.165, 1.54) is 11.0 Å². The molecule has 0 spiro atoms. The number of fused-ring (bicyclic) bond motifs is 1. The topological polar surface area (TPSA) is 106 Å². The van der Waals surface area contributed by atoms with Crippen LogP contribution in [0, 0.1) is 12.7 Å². The zero-order valence-corrected chi connectivity index (χ0v) is 19.2. The molecule has 35 heavy (non-hydrogen) atoms. The molecule has 2 aromatic heterocycles. The largest absolute Gasteiger partial charge is 0.481 e. The van der Waals surface area contributed by atoms with Crippen molar-refractivity contribution in [2.75, 3.05) is 36.5 Å². The van der Waals surface area contributed by atoms with Gasteiger partial charge in [-0.1, -0.05) is 6.07 Å². The second-order valence-corrected chi connectivity index (χ2v) is 8.39. The number of alkyl carbamates (subject to hydrolysis) is 1. The van der Waals surface area contributed by atoms with Crippen molar-refractivity contribution in [1.82, 2.24) is 15.3 Å². The van der Waals surface area contributed by atoms with E-state index in [1.807, 2.05) is 12.1 Å². The predicted molar refractivity (Wildman–Crippen MR) is 125 cm³/mol. The van der Waals surface area contributed by atoms with Crippen LogP contribution >= 0.6 is 0 Å². The van der Waals surface area contributed by atoms with E-state index in [9.17, 15) is 14.0 Å². The minimum Gasteiger partial charge on any atom is -0.481 e. The Morgan fingerprint density at radius 3 is 2.89 bits per heavy atom. The predicted octanol–water partition coefficient (Wildman–Crippen LogP) is 3.37. The van der Waals surface area contributed by atoms with Crippen molar-refractivity contribution >= 4 is 34.6 Å². The van der Waals surface area contributed by atoms with Crippen LogP contribution in [0.3, 0.4) is 0 Å². The average Bonchev–Trinajstić information content (AvgIpc) is 3.46. The summed E-state index contributed by atoms with van der Waals surface area (Å²) < 4.78 is 29.6. The number of methoxy groups -OCH3 is 1. The first-order chi connectivity index (χ1) is 16.9. The van der Waals surface area contributed by atoms with Gasteiger partial charge in [0.2, 0.25) is 5.88 Å². The van der Waals surface area contributed by atoms with E-state index in [0.29, 0.717) is 36.6 Å². The zero-order valence-electron chi connectivity index (χ0n) is 19.2. The summed E-state index contributed by atoms with van der Waals surface area (Å²) in [6.45, 7) is 2.86. The number of rotatable bonds is 5. The number of benzene rings is 1. The third-order valence-electron chi connectivity index (χ3n) is 6.09. The maximum atomic E-state index is 13.9. The summed E-state index contributed by atoms with van der Waals surface area (Å²) in [7, 11) is 1.56. The highest BCUT2D eigenvalue weighted by molar-refractivity contribution is 5.90. The fourth-order valence-corrected chi connectivity index (χ4v) is 4.24.